The van der Waals surface area contributed by atoms with Gasteiger partial charge in [0.1, 0.15) is 0 Å². The zero-order valence-electron chi connectivity index (χ0n) is 25.7. The first-order chi connectivity index (χ1) is 19.2. The van der Waals surface area contributed by atoms with Gasteiger partial charge in [-0.3, -0.25) is 9.59 Å². The Kier molecular flexibility index (Phi) is 16.6. The monoisotopic (exact) mass is 588 g/mol. The number of rotatable bonds is 14. The Morgan fingerprint density at radius 2 is 1.70 bits per heavy atom. The van der Waals surface area contributed by atoms with E-state index < -0.39 is 0 Å². The number of nitrogens with zero attached hydrogens (tertiary/aromatic N) is 2. The summed E-state index contributed by atoms with van der Waals surface area (Å²) in [5.74, 6) is 2.85. The Hall–Kier alpha value is -1.85. The Bertz CT molecular complexity index is 968. The third kappa shape index (κ3) is 13.2. The maximum absolute atomic E-state index is 12.3. The predicted molar refractivity (Wildman–Crippen MR) is 172 cm³/mol. The van der Waals surface area contributed by atoms with E-state index in [1.807, 2.05) is 29.2 Å². The van der Waals surface area contributed by atoms with Gasteiger partial charge in [0.2, 0.25) is 11.8 Å². The van der Waals surface area contributed by atoms with Crippen molar-refractivity contribution in [3.63, 3.8) is 0 Å². The van der Waals surface area contributed by atoms with Crippen LogP contribution >= 0.6 is 22.9 Å². The second-order valence-corrected chi connectivity index (χ2v) is 13.3. The Labute approximate surface area is 253 Å². The minimum Gasteiger partial charge on any atom is -0.343 e. The van der Waals surface area contributed by atoms with Gasteiger partial charge in [0.15, 0.2) is 0 Å². The van der Waals surface area contributed by atoms with Gasteiger partial charge in [0.25, 0.3) is 0 Å². The van der Waals surface area contributed by atoms with Crippen molar-refractivity contribution in [2.45, 2.75) is 98.8 Å². The van der Waals surface area contributed by atoms with Gasteiger partial charge < -0.3 is 9.80 Å². The minimum atomic E-state index is 0.270. The van der Waals surface area contributed by atoms with Crippen LogP contribution in [0.15, 0.2) is 41.8 Å². The summed E-state index contributed by atoms with van der Waals surface area (Å²) in [5.41, 5.74) is 1.07. The van der Waals surface area contributed by atoms with Crippen molar-refractivity contribution in [1.29, 1.82) is 0 Å². The number of piperidine rings is 1. The zero-order valence-corrected chi connectivity index (χ0v) is 27.2. The summed E-state index contributed by atoms with van der Waals surface area (Å²) in [7, 11) is 0. The molecule has 224 valence electrons. The second kappa shape index (κ2) is 19.3. The predicted octanol–water partition coefficient (Wildman–Crippen LogP) is 8.91. The minimum absolute atomic E-state index is 0.270. The summed E-state index contributed by atoms with van der Waals surface area (Å²) in [6.45, 7) is 14.9. The summed E-state index contributed by atoms with van der Waals surface area (Å²) in [6.07, 6.45) is 9.71. The van der Waals surface area contributed by atoms with Crippen LogP contribution in [-0.2, 0) is 22.4 Å². The van der Waals surface area contributed by atoms with Crippen LogP contribution in [0.4, 0.5) is 0 Å². The second-order valence-electron chi connectivity index (χ2n) is 11.9. The highest BCUT2D eigenvalue weighted by Gasteiger charge is 2.24. The van der Waals surface area contributed by atoms with Crippen molar-refractivity contribution < 1.29 is 9.59 Å². The highest BCUT2D eigenvalue weighted by Crippen LogP contribution is 2.25. The van der Waals surface area contributed by atoms with Crippen LogP contribution in [0.5, 0.6) is 0 Å². The van der Waals surface area contributed by atoms with E-state index in [9.17, 15) is 9.59 Å². The lowest BCUT2D eigenvalue weighted by atomic mass is 9.86. The molecule has 2 amide bonds. The van der Waals surface area contributed by atoms with Crippen LogP contribution in [0.1, 0.15) is 96.4 Å². The lowest BCUT2D eigenvalue weighted by molar-refractivity contribution is -0.133. The molecular formula is C34H53ClN2O2S. The summed E-state index contributed by atoms with van der Waals surface area (Å²) >= 11 is 7.91. The molecule has 1 aliphatic rings. The van der Waals surface area contributed by atoms with Gasteiger partial charge in [-0.1, -0.05) is 70.5 Å². The lowest BCUT2D eigenvalue weighted by Gasteiger charge is -2.34. The van der Waals surface area contributed by atoms with Gasteiger partial charge in [-0.2, -0.15) is 0 Å². The topological polar surface area (TPSA) is 40.6 Å². The van der Waals surface area contributed by atoms with Crippen molar-refractivity contribution >= 4 is 34.8 Å². The first kappa shape index (κ1) is 34.4. The molecule has 3 rings (SSSR count). The SMILES string of the molecule is CC(C)C1CCN(C(=O)CCc2ccccc2Cl)CC1.CCCN(CCCC(C)C)C(=O)CCCc1cccs1. The highest BCUT2D eigenvalue weighted by atomic mass is 35.5. The van der Waals surface area contributed by atoms with Crippen molar-refractivity contribution in [3.05, 3.63) is 57.2 Å². The molecule has 0 atom stereocenters. The van der Waals surface area contributed by atoms with Crippen LogP contribution in [-0.4, -0.2) is 47.8 Å². The molecule has 0 bridgehead atoms. The number of hydrogen-bond donors (Lipinski definition) is 0. The molecule has 0 spiro atoms. The fourth-order valence-corrected chi connectivity index (χ4v) is 6.25. The third-order valence-electron chi connectivity index (χ3n) is 7.85. The van der Waals surface area contributed by atoms with E-state index in [0.29, 0.717) is 18.7 Å². The molecule has 0 N–H and O–H groups in total. The molecule has 0 unspecified atom stereocenters. The largest absolute Gasteiger partial charge is 0.343 e. The number of likely N-dealkylation sites (tertiary alicyclic amines) is 1. The summed E-state index contributed by atoms with van der Waals surface area (Å²) in [6, 6.07) is 12.0. The molecule has 2 aromatic rings. The fraction of sp³-hybridized carbons (Fsp3) is 0.647. The van der Waals surface area contributed by atoms with Crippen molar-refractivity contribution in [2.24, 2.45) is 17.8 Å². The maximum Gasteiger partial charge on any atom is 0.222 e. The molecule has 1 aromatic heterocycles. The Balaban J connectivity index is 0.000000280. The Morgan fingerprint density at radius 1 is 0.975 bits per heavy atom. The number of benzene rings is 1. The smallest absolute Gasteiger partial charge is 0.222 e. The maximum atomic E-state index is 12.3. The van der Waals surface area contributed by atoms with Crippen LogP contribution < -0.4 is 0 Å². The van der Waals surface area contributed by atoms with Gasteiger partial charge in [-0.15, -0.1) is 11.3 Å². The molecule has 1 aliphatic heterocycles. The summed E-state index contributed by atoms with van der Waals surface area (Å²) < 4.78 is 0. The molecular weight excluding hydrogens is 536 g/mol. The average Bonchev–Trinajstić information content (AvgIpc) is 3.46. The Morgan fingerprint density at radius 3 is 2.30 bits per heavy atom. The van der Waals surface area contributed by atoms with Crippen molar-refractivity contribution in [2.75, 3.05) is 26.2 Å². The van der Waals surface area contributed by atoms with E-state index >= 15 is 0 Å². The summed E-state index contributed by atoms with van der Waals surface area (Å²) in [4.78, 5) is 30.0. The van der Waals surface area contributed by atoms with Gasteiger partial charge >= 0.3 is 0 Å². The number of thiophene rings is 1. The van der Waals surface area contributed by atoms with Gasteiger partial charge in [0.05, 0.1) is 0 Å². The molecule has 0 radical (unpaired) electrons. The van der Waals surface area contributed by atoms with E-state index in [4.69, 9.17) is 11.6 Å². The molecule has 1 fully saturated rings. The highest BCUT2D eigenvalue weighted by molar-refractivity contribution is 7.09. The normalized spacial score (nSPS) is 13.8. The quantitative estimate of drug-likeness (QED) is 0.221. The molecule has 2 heterocycles. The standard InChI is InChI=1S/C17H24ClNO.C17H29NOS/c1-13(2)14-9-11-19(12-10-14)17(20)8-7-15-5-3-4-6-16(15)18;1-4-12-18(13-6-8-15(2)3)17(19)11-5-9-16-10-7-14-20-16/h3-6,13-14H,7-12H2,1-2H3;7,10,14-15H,4-6,8-9,11-13H2,1-3H3. The molecule has 40 heavy (non-hydrogen) atoms. The lowest BCUT2D eigenvalue weighted by Crippen LogP contribution is -2.39. The van der Waals surface area contributed by atoms with Crippen LogP contribution in [0.2, 0.25) is 5.02 Å². The third-order valence-corrected chi connectivity index (χ3v) is 9.16. The van der Waals surface area contributed by atoms with E-state index in [0.717, 1.165) is 99.5 Å². The first-order valence-corrected chi connectivity index (χ1v) is 16.8. The van der Waals surface area contributed by atoms with E-state index in [2.05, 4.69) is 57.0 Å². The van der Waals surface area contributed by atoms with Crippen molar-refractivity contribution in [3.8, 4) is 0 Å². The fourth-order valence-electron chi connectivity index (χ4n) is 5.26. The van der Waals surface area contributed by atoms with Gasteiger partial charge in [-0.25, -0.2) is 0 Å². The van der Waals surface area contributed by atoms with Crippen molar-refractivity contribution in [1.82, 2.24) is 9.80 Å². The molecule has 0 saturated carbocycles. The van der Waals surface area contributed by atoms with Crippen LogP contribution in [0.25, 0.3) is 0 Å². The molecule has 1 aromatic carbocycles. The molecule has 6 heteroatoms. The molecule has 1 saturated heterocycles. The van der Waals surface area contributed by atoms with Gasteiger partial charge in [0, 0.05) is 48.9 Å². The summed E-state index contributed by atoms with van der Waals surface area (Å²) in [5, 5.41) is 2.87. The van der Waals surface area contributed by atoms with E-state index in [-0.39, 0.29) is 5.91 Å². The van der Waals surface area contributed by atoms with Crippen LogP contribution in [0, 0.1) is 17.8 Å². The molecule has 4 nitrogen and oxygen atoms in total. The first-order valence-electron chi connectivity index (χ1n) is 15.5. The zero-order chi connectivity index (χ0) is 29.3. The van der Waals surface area contributed by atoms with E-state index in [1.165, 1.54) is 11.3 Å². The number of carbonyl (C=O) groups excluding carboxylic acids is 2. The number of carbonyl (C=O) groups is 2. The molecule has 0 aliphatic carbocycles. The van der Waals surface area contributed by atoms with Gasteiger partial charge in [-0.05, 0) is 92.2 Å². The number of halogens is 1. The number of amides is 2. The van der Waals surface area contributed by atoms with E-state index in [1.54, 1.807) is 11.3 Å². The average molecular weight is 589 g/mol. The number of hydrogen-bond acceptors (Lipinski definition) is 3. The number of aryl methyl sites for hydroxylation is 2. The van der Waals surface area contributed by atoms with Crippen LogP contribution in [0.3, 0.4) is 0 Å².